The predicted molar refractivity (Wildman–Crippen MR) is 87.6 cm³/mol. The van der Waals surface area contributed by atoms with Gasteiger partial charge in [-0.1, -0.05) is 0 Å². The van der Waals surface area contributed by atoms with Crippen molar-refractivity contribution in [3.63, 3.8) is 0 Å². The number of nitrogens with zero attached hydrogens (tertiary/aromatic N) is 2. The molecule has 0 bridgehead atoms. The molecule has 0 N–H and O–H groups in total. The number of esters is 2. The largest absolute Gasteiger partial charge is 0.457 e. The molecule has 1 aliphatic rings. The summed E-state index contributed by atoms with van der Waals surface area (Å²) in [5.41, 5.74) is -0.908. The summed E-state index contributed by atoms with van der Waals surface area (Å²) in [6, 6.07) is 0.803. The van der Waals surface area contributed by atoms with Gasteiger partial charge in [-0.2, -0.15) is 4.39 Å². The SMILES string of the molecule is CC(=O)O[C@@H](C(=O)OC(C)(C)C)[C@H]1OCCN(c2cnc(F)c(F)c2)C1=O. The van der Waals surface area contributed by atoms with E-state index in [9.17, 15) is 23.2 Å². The van der Waals surface area contributed by atoms with Gasteiger partial charge in [-0.05, 0) is 20.8 Å². The first-order chi connectivity index (χ1) is 12.5. The molecule has 0 aromatic carbocycles. The van der Waals surface area contributed by atoms with Gasteiger partial charge in [0.2, 0.25) is 12.1 Å². The van der Waals surface area contributed by atoms with Crippen LogP contribution in [-0.2, 0) is 28.6 Å². The van der Waals surface area contributed by atoms with E-state index in [1.807, 2.05) is 0 Å². The van der Waals surface area contributed by atoms with Gasteiger partial charge in [-0.3, -0.25) is 9.59 Å². The average Bonchev–Trinajstić information content (AvgIpc) is 2.54. The van der Waals surface area contributed by atoms with Crippen molar-refractivity contribution in [3.8, 4) is 0 Å². The van der Waals surface area contributed by atoms with Crippen LogP contribution < -0.4 is 4.90 Å². The summed E-state index contributed by atoms with van der Waals surface area (Å²) in [5.74, 6) is -5.07. The van der Waals surface area contributed by atoms with Crippen LogP contribution in [-0.4, -0.2) is 53.8 Å². The molecular weight excluding hydrogens is 366 g/mol. The fraction of sp³-hybridized carbons (Fsp3) is 0.529. The van der Waals surface area contributed by atoms with E-state index in [1.165, 1.54) is 0 Å². The van der Waals surface area contributed by atoms with Crippen molar-refractivity contribution in [3.05, 3.63) is 24.0 Å². The normalized spacial score (nSPS) is 18.8. The Bertz CT molecular complexity index is 749. The molecule has 0 aliphatic carbocycles. The topological polar surface area (TPSA) is 95.0 Å². The summed E-state index contributed by atoms with van der Waals surface area (Å²) in [7, 11) is 0. The highest BCUT2D eigenvalue weighted by Gasteiger charge is 2.44. The monoisotopic (exact) mass is 386 g/mol. The van der Waals surface area contributed by atoms with Crippen molar-refractivity contribution in [1.29, 1.82) is 0 Å². The Hall–Kier alpha value is -2.62. The average molecular weight is 386 g/mol. The fourth-order valence-electron chi connectivity index (χ4n) is 2.41. The second kappa shape index (κ2) is 7.95. The summed E-state index contributed by atoms with van der Waals surface area (Å²) in [4.78, 5) is 40.9. The standard InChI is InChI=1S/C17H20F2N2O6/c1-9(22)26-13(16(24)27-17(2,3)4)12-15(23)21(5-6-25-12)10-7-11(18)14(19)20-8-10/h7-8,12-13H,5-6H2,1-4H3/t12-,13-/m1/s1. The maximum absolute atomic E-state index is 13.5. The van der Waals surface area contributed by atoms with Gasteiger partial charge in [0.25, 0.3) is 5.91 Å². The molecule has 27 heavy (non-hydrogen) atoms. The van der Waals surface area contributed by atoms with Gasteiger partial charge in [0, 0.05) is 19.5 Å². The van der Waals surface area contributed by atoms with Crippen LogP contribution in [0.2, 0.25) is 0 Å². The summed E-state index contributed by atoms with van der Waals surface area (Å²) in [5, 5.41) is 0. The fourth-order valence-corrected chi connectivity index (χ4v) is 2.41. The predicted octanol–water partition coefficient (Wildman–Crippen LogP) is 1.36. The molecule has 1 aromatic heterocycles. The number of carbonyl (C=O) groups is 3. The van der Waals surface area contributed by atoms with E-state index in [0.29, 0.717) is 0 Å². The van der Waals surface area contributed by atoms with Crippen LogP contribution in [0, 0.1) is 11.8 Å². The highest BCUT2D eigenvalue weighted by Crippen LogP contribution is 2.23. The quantitative estimate of drug-likeness (QED) is 0.570. The molecule has 148 valence electrons. The molecule has 0 spiro atoms. The Morgan fingerprint density at radius 1 is 1.37 bits per heavy atom. The number of aromatic nitrogens is 1. The van der Waals surface area contributed by atoms with Crippen LogP contribution in [0.1, 0.15) is 27.7 Å². The number of hydrogen-bond acceptors (Lipinski definition) is 7. The van der Waals surface area contributed by atoms with Crippen molar-refractivity contribution in [2.24, 2.45) is 0 Å². The van der Waals surface area contributed by atoms with Gasteiger partial charge in [0.1, 0.15) is 5.60 Å². The summed E-state index contributed by atoms with van der Waals surface area (Å²) in [6.07, 6.45) is -2.16. The Labute approximate surface area is 154 Å². The van der Waals surface area contributed by atoms with E-state index in [-0.39, 0.29) is 18.8 Å². The Kier molecular flexibility index (Phi) is 6.09. The second-order valence-electron chi connectivity index (χ2n) is 6.81. The highest BCUT2D eigenvalue weighted by molar-refractivity contribution is 6.00. The number of hydrogen-bond donors (Lipinski definition) is 0. The number of morpholine rings is 1. The third-order valence-electron chi connectivity index (χ3n) is 3.42. The number of halogens is 2. The molecule has 8 nitrogen and oxygen atoms in total. The minimum atomic E-state index is -1.64. The molecular formula is C17H20F2N2O6. The first kappa shape index (κ1) is 20.7. The minimum absolute atomic E-state index is 0.0158. The molecule has 0 saturated carbocycles. The van der Waals surface area contributed by atoms with E-state index in [1.54, 1.807) is 20.8 Å². The van der Waals surface area contributed by atoms with E-state index >= 15 is 0 Å². The first-order valence-electron chi connectivity index (χ1n) is 8.13. The third kappa shape index (κ3) is 5.19. The van der Waals surface area contributed by atoms with Crippen LogP contribution in [0.15, 0.2) is 12.3 Å². The van der Waals surface area contributed by atoms with Gasteiger partial charge in [0.05, 0.1) is 18.5 Å². The number of ether oxygens (including phenoxy) is 3. The number of pyridine rings is 1. The van der Waals surface area contributed by atoms with Gasteiger partial charge in [-0.15, -0.1) is 0 Å². The van der Waals surface area contributed by atoms with E-state index in [2.05, 4.69) is 4.98 Å². The van der Waals surface area contributed by atoms with Crippen LogP contribution >= 0.6 is 0 Å². The molecule has 1 aliphatic heterocycles. The van der Waals surface area contributed by atoms with Crippen LogP contribution in [0.3, 0.4) is 0 Å². The van der Waals surface area contributed by atoms with Crippen molar-refractivity contribution in [1.82, 2.24) is 4.98 Å². The van der Waals surface area contributed by atoms with Crippen molar-refractivity contribution in [2.75, 3.05) is 18.1 Å². The molecule has 1 amide bonds. The Morgan fingerprint density at radius 3 is 2.59 bits per heavy atom. The lowest BCUT2D eigenvalue weighted by Gasteiger charge is -2.35. The lowest BCUT2D eigenvalue weighted by molar-refractivity contribution is -0.188. The maximum atomic E-state index is 13.5. The van der Waals surface area contributed by atoms with Crippen LogP contribution in [0.4, 0.5) is 14.5 Å². The van der Waals surface area contributed by atoms with Crippen molar-refractivity contribution < 1.29 is 37.4 Å². The maximum Gasteiger partial charge on any atom is 0.351 e. The molecule has 0 unspecified atom stereocenters. The van der Waals surface area contributed by atoms with Crippen molar-refractivity contribution in [2.45, 2.75) is 45.5 Å². The molecule has 1 aromatic rings. The van der Waals surface area contributed by atoms with Gasteiger partial charge in [0.15, 0.2) is 11.9 Å². The summed E-state index contributed by atoms with van der Waals surface area (Å²) >= 11 is 0. The lowest BCUT2D eigenvalue weighted by atomic mass is 10.1. The number of carbonyl (C=O) groups excluding carboxylic acids is 3. The van der Waals surface area contributed by atoms with E-state index in [4.69, 9.17) is 14.2 Å². The molecule has 1 saturated heterocycles. The zero-order valence-electron chi connectivity index (χ0n) is 15.3. The Balaban J connectivity index is 2.29. The highest BCUT2D eigenvalue weighted by atomic mass is 19.2. The van der Waals surface area contributed by atoms with E-state index in [0.717, 1.165) is 24.1 Å². The number of amides is 1. The van der Waals surface area contributed by atoms with E-state index < -0.39 is 47.4 Å². The van der Waals surface area contributed by atoms with Gasteiger partial charge >= 0.3 is 11.9 Å². The summed E-state index contributed by atoms with van der Waals surface area (Å²) < 4.78 is 42.0. The molecule has 1 fully saturated rings. The second-order valence-corrected chi connectivity index (χ2v) is 6.81. The smallest absolute Gasteiger partial charge is 0.351 e. The number of anilines is 1. The van der Waals surface area contributed by atoms with Crippen LogP contribution in [0.5, 0.6) is 0 Å². The molecule has 2 heterocycles. The molecule has 2 rings (SSSR count). The van der Waals surface area contributed by atoms with Crippen molar-refractivity contribution >= 4 is 23.5 Å². The molecule has 0 radical (unpaired) electrons. The minimum Gasteiger partial charge on any atom is -0.457 e. The lowest BCUT2D eigenvalue weighted by Crippen LogP contribution is -2.56. The van der Waals surface area contributed by atoms with Crippen LogP contribution in [0.25, 0.3) is 0 Å². The van der Waals surface area contributed by atoms with Gasteiger partial charge in [-0.25, -0.2) is 14.2 Å². The zero-order valence-corrected chi connectivity index (χ0v) is 15.3. The zero-order chi connectivity index (χ0) is 20.4. The molecule has 2 atom stereocenters. The number of rotatable bonds is 4. The summed E-state index contributed by atoms with van der Waals surface area (Å²) in [6.45, 7) is 5.89. The third-order valence-corrected chi connectivity index (χ3v) is 3.42. The molecule has 10 heteroatoms. The Morgan fingerprint density at radius 2 is 2.04 bits per heavy atom. The first-order valence-corrected chi connectivity index (χ1v) is 8.13. The van der Waals surface area contributed by atoms with Gasteiger partial charge < -0.3 is 19.1 Å².